The van der Waals surface area contributed by atoms with Gasteiger partial charge in [-0.3, -0.25) is 19.9 Å². The second-order valence-electron chi connectivity index (χ2n) is 7.30. The second kappa shape index (κ2) is 10.4. The Bertz CT molecular complexity index is 769. The molecule has 3 heterocycles. The Labute approximate surface area is 170 Å². The van der Waals surface area contributed by atoms with Crippen LogP contribution < -0.4 is 10.6 Å². The molecule has 1 unspecified atom stereocenters. The predicted molar refractivity (Wildman–Crippen MR) is 107 cm³/mol. The largest absolute Gasteiger partial charge is 0.344 e. The summed E-state index contributed by atoms with van der Waals surface area (Å²) in [7, 11) is 0. The molecule has 3 rings (SSSR count). The first-order chi connectivity index (χ1) is 14.2. The third-order valence-electron chi connectivity index (χ3n) is 5.19. The third kappa shape index (κ3) is 5.91. The maximum atomic E-state index is 13.0. The van der Waals surface area contributed by atoms with Crippen molar-refractivity contribution in [2.75, 3.05) is 26.2 Å². The normalized spacial score (nSPS) is 20.2. The maximum Gasteiger partial charge on any atom is 0.245 e. The topological polar surface area (TPSA) is 114 Å². The summed E-state index contributed by atoms with van der Waals surface area (Å²) in [5, 5.41) is 14.6. The van der Waals surface area contributed by atoms with E-state index in [-0.39, 0.29) is 24.3 Å². The number of aromatic nitrogens is 1. The first-order valence-electron chi connectivity index (χ1n) is 10.1. The summed E-state index contributed by atoms with van der Waals surface area (Å²) in [5.74, 6) is 0.142. The Morgan fingerprint density at radius 1 is 1.28 bits per heavy atom. The van der Waals surface area contributed by atoms with Crippen LogP contribution in [0.5, 0.6) is 0 Å². The van der Waals surface area contributed by atoms with E-state index in [1.54, 1.807) is 17.3 Å². The number of amides is 2. The van der Waals surface area contributed by atoms with E-state index in [9.17, 15) is 9.59 Å². The van der Waals surface area contributed by atoms with Crippen LogP contribution in [0, 0.1) is 11.5 Å². The van der Waals surface area contributed by atoms with Crippen LogP contribution in [0.3, 0.4) is 0 Å². The fourth-order valence-corrected chi connectivity index (χ4v) is 3.63. The molecule has 2 saturated heterocycles. The van der Waals surface area contributed by atoms with E-state index in [0.717, 1.165) is 44.3 Å². The molecule has 1 aromatic rings. The van der Waals surface area contributed by atoms with Gasteiger partial charge in [-0.2, -0.15) is 5.26 Å². The van der Waals surface area contributed by atoms with Gasteiger partial charge in [0.15, 0.2) is 6.19 Å². The summed E-state index contributed by atoms with van der Waals surface area (Å²) < 4.78 is 0. The Hall–Kier alpha value is -3.15. The molecule has 0 aliphatic carbocycles. The zero-order chi connectivity index (χ0) is 20.5. The lowest BCUT2D eigenvalue weighted by molar-refractivity contribution is -0.140. The molecule has 9 nitrogen and oxygen atoms in total. The molecule has 9 heteroatoms. The summed E-state index contributed by atoms with van der Waals surface area (Å²) in [4.78, 5) is 37.4. The lowest BCUT2D eigenvalue weighted by Gasteiger charge is -2.27. The number of carbonyl (C=O) groups is 2. The van der Waals surface area contributed by atoms with Crippen LogP contribution in [-0.4, -0.2) is 64.8 Å². The number of hydrogen-bond donors (Lipinski definition) is 2. The van der Waals surface area contributed by atoms with Crippen molar-refractivity contribution in [1.29, 1.82) is 5.26 Å². The van der Waals surface area contributed by atoms with E-state index in [2.05, 4.69) is 20.6 Å². The highest BCUT2D eigenvalue weighted by molar-refractivity contribution is 5.92. The molecular weight excluding hydrogens is 370 g/mol. The molecule has 2 aliphatic rings. The van der Waals surface area contributed by atoms with Gasteiger partial charge >= 0.3 is 0 Å². The van der Waals surface area contributed by atoms with Crippen LogP contribution in [0.4, 0.5) is 0 Å². The van der Waals surface area contributed by atoms with E-state index < -0.39 is 6.04 Å². The van der Waals surface area contributed by atoms with Gasteiger partial charge in [-0.1, -0.05) is 6.07 Å². The van der Waals surface area contributed by atoms with E-state index in [1.165, 1.54) is 0 Å². The molecule has 2 amide bonds. The average Bonchev–Trinajstić information content (AvgIpc) is 3.23. The molecule has 0 spiro atoms. The van der Waals surface area contributed by atoms with Crippen molar-refractivity contribution in [2.24, 2.45) is 4.99 Å². The van der Waals surface area contributed by atoms with Crippen LogP contribution >= 0.6 is 0 Å². The minimum atomic E-state index is -0.516. The number of hydrogen-bond acceptors (Lipinski definition) is 5. The number of nitrogens with one attached hydrogen (secondary N) is 2. The number of aliphatic imine (C=N–C) groups is 1. The highest BCUT2D eigenvalue weighted by Gasteiger charge is 2.30. The van der Waals surface area contributed by atoms with Gasteiger partial charge < -0.3 is 15.1 Å². The molecule has 0 bridgehead atoms. The average molecular weight is 397 g/mol. The number of rotatable bonds is 5. The first-order valence-corrected chi connectivity index (χ1v) is 10.1. The van der Waals surface area contributed by atoms with E-state index in [0.29, 0.717) is 19.5 Å². The van der Waals surface area contributed by atoms with Crippen molar-refractivity contribution >= 4 is 17.8 Å². The van der Waals surface area contributed by atoms with Gasteiger partial charge in [0.05, 0.1) is 13.1 Å². The quantitative estimate of drug-likeness (QED) is 0.326. The fourth-order valence-electron chi connectivity index (χ4n) is 3.63. The molecule has 29 heavy (non-hydrogen) atoms. The van der Waals surface area contributed by atoms with Gasteiger partial charge in [0, 0.05) is 32.0 Å². The first kappa shape index (κ1) is 20.6. The summed E-state index contributed by atoms with van der Waals surface area (Å²) >= 11 is 0. The van der Waals surface area contributed by atoms with E-state index in [4.69, 9.17) is 5.26 Å². The molecule has 2 N–H and O–H groups in total. The zero-order valence-electron chi connectivity index (χ0n) is 16.5. The van der Waals surface area contributed by atoms with Gasteiger partial charge in [-0.25, -0.2) is 4.99 Å². The molecule has 2 aliphatic heterocycles. The summed E-state index contributed by atoms with van der Waals surface area (Å²) in [6, 6.07) is 3.19. The van der Waals surface area contributed by atoms with Gasteiger partial charge in [0.1, 0.15) is 6.04 Å². The summed E-state index contributed by atoms with van der Waals surface area (Å²) in [6.07, 6.45) is 9.65. The van der Waals surface area contributed by atoms with Crippen LogP contribution in [-0.2, 0) is 16.1 Å². The van der Waals surface area contributed by atoms with Crippen LogP contribution in [0.1, 0.15) is 37.7 Å². The minimum Gasteiger partial charge on any atom is -0.344 e. The highest BCUT2D eigenvalue weighted by Crippen LogP contribution is 2.14. The molecule has 154 valence electrons. The second-order valence-corrected chi connectivity index (χ2v) is 7.30. The Morgan fingerprint density at radius 3 is 2.79 bits per heavy atom. The van der Waals surface area contributed by atoms with Gasteiger partial charge in [0.2, 0.25) is 17.8 Å². The highest BCUT2D eigenvalue weighted by atomic mass is 16.2. The molecular formula is C20H27N7O2. The van der Waals surface area contributed by atoms with Gasteiger partial charge in [-0.05, 0) is 43.7 Å². The fraction of sp³-hybridized carbons (Fsp3) is 0.550. The summed E-state index contributed by atoms with van der Waals surface area (Å²) in [6.45, 7) is 2.58. The van der Waals surface area contributed by atoms with Crippen LogP contribution in [0.2, 0.25) is 0 Å². The van der Waals surface area contributed by atoms with Crippen molar-refractivity contribution in [2.45, 2.75) is 44.7 Å². The molecule has 1 atom stereocenters. The van der Waals surface area contributed by atoms with Gasteiger partial charge in [-0.15, -0.1) is 0 Å². The molecule has 1 aromatic heterocycles. The third-order valence-corrected chi connectivity index (χ3v) is 5.19. The molecule has 0 radical (unpaired) electrons. The van der Waals surface area contributed by atoms with Crippen LogP contribution in [0.25, 0.3) is 0 Å². The van der Waals surface area contributed by atoms with Crippen molar-refractivity contribution < 1.29 is 9.59 Å². The maximum absolute atomic E-state index is 13.0. The number of nitrogens with zero attached hydrogens (tertiary/aromatic N) is 5. The van der Waals surface area contributed by atoms with E-state index in [1.807, 2.05) is 23.2 Å². The van der Waals surface area contributed by atoms with Crippen molar-refractivity contribution in [3.05, 3.63) is 30.1 Å². The Balaban J connectivity index is 1.64. The Morgan fingerprint density at radius 2 is 2.07 bits per heavy atom. The summed E-state index contributed by atoms with van der Waals surface area (Å²) in [5.41, 5.74) is 0.900. The number of nitriles is 1. The number of pyridine rings is 1. The van der Waals surface area contributed by atoms with Crippen molar-refractivity contribution in [3.8, 4) is 6.19 Å². The molecule has 2 fully saturated rings. The number of carbonyl (C=O) groups excluding carboxylic acids is 2. The molecule has 0 aromatic carbocycles. The lowest BCUT2D eigenvalue weighted by Crippen LogP contribution is -2.52. The van der Waals surface area contributed by atoms with E-state index >= 15 is 0 Å². The standard InChI is InChI=1S/C20H27N7O2/c21-15-24-20(23-13-16-6-5-8-22-12-16)25-17-7-1-2-11-27(19(17)29)14-18(28)26-9-3-4-10-26/h5-6,8,12,17H,1-4,7,9-11,13-14H2,(H2,23,24,25). The number of likely N-dealkylation sites (tertiary alicyclic amines) is 2. The Kier molecular flexibility index (Phi) is 7.39. The smallest absolute Gasteiger partial charge is 0.245 e. The zero-order valence-corrected chi connectivity index (χ0v) is 16.5. The predicted octanol–water partition coefficient (Wildman–Crippen LogP) is 0.601. The van der Waals surface area contributed by atoms with Crippen molar-refractivity contribution in [1.82, 2.24) is 25.4 Å². The molecule has 0 saturated carbocycles. The number of guanidine groups is 1. The van der Waals surface area contributed by atoms with Gasteiger partial charge in [0.25, 0.3) is 0 Å². The SMILES string of the molecule is N#CNC(=NCc1cccnc1)NC1CCCCN(CC(=O)N2CCCC2)C1=O. The lowest BCUT2D eigenvalue weighted by atomic mass is 10.1. The minimum absolute atomic E-state index is 0.0112. The monoisotopic (exact) mass is 397 g/mol. The van der Waals surface area contributed by atoms with Crippen molar-refractivity contribution in [3.63, 3.8) is 0 Å². The van der Waals surface area contributed by atoms with Crippen LogP contribution in [0.15, 0.2) is 29.5 Å².